The van der Waals surface area contributed by atoms with Gasteiger partial charge in [0, 0.05) is 22.4 Å². The van der Waals surface area contributed by atoms with Crippen LogP contribution in [0.4, 0.5) is 5.69 Å². The summed E-state index contributed by atoms with van der Waals surface area (Å²) in [5, 5.41) is 7.16. The second-order valence-corrected chi connectivity index (χ2v) is 7.90. The standard InChI is InChI=1S/C26H22N2O6/c1-31-16-8-6-7-15(13-16)24(29)22-23(18-14-17(32-2)11-12-21(18)33-3)28-34-26(22)19-9-4-5-10-20(19)27-25(26)30/h4-14,22H,1-3H3,(H,27,30)/t22-,26-/m1/s1. The van der Waals surface area contributed by atoms with Gasteiger partial charge < -0.3 is 24.4 Å². The molecule has 3 aromatic rings. The minimum Gasteiger partial charge on any atom is -0.497 e. The van der Waals surface area contributed by atoms with E-state index in [0.29, 0.717) is 39.6 Å². The molecule has 0 fully saturated rings. The van der Waals surface area contributed by atoms with Crippen LogP contribution in [0.1, 0.15) is 21.5 Å². The molecule has 0 saturated heterocycles. The van der Waals surface area contributed by atoms with Crippen molar-refractivity contribution in [2.75, 3.05) is 26.6 Å². The van der Waals surface area contributed by atoms with Crippen molar-refractivity contribution in [2.24, 2.45) is 11.1 Å². The van der Waals surface area contributed by atoms with E-state index in [1.54, 1.807) is 73.8 Å². The summed E-state index contributed by atoms with van der Waals surface area (Å²) in [6.07, 6.45) is 0. The summed E-state index contributed by atoms with van der Waals surface area (Å²) in [6.45, 7) is 0. The lowest BCUT2D eigenvalue weighted by molar-refractivity contribution is -0.140. The van der Waals surface area contributed by atoms with Gasteiger partial charge in [-0.05, 0) is 36.4 Å². The van der Waals surface area contributed by atoms with Crippen LogP contribution in [-0.2, 0) is 15.2 Å². The number of nitrogens with one attached hydrogen (secondary N) is 1. The summed E-state index contributed by atoms with van der Waals surface area (Å²) < 4.78 is 16.2. The number of benzene rings is 3. The average Bonchev–Trinajstić information content (AvgIpc) is 3.42. The Morgan fingerprint density at radius 3 is 2.47 bits per heavy atom. The molecule has 0 saturated carbocycles. The fourth-order valence-corrected chi connectivity index (χ4v) is 4.52. The van der Waals surface area contributed by atoms with E-state index < -0.39 is 17.4 Å². The van der Waals surface area contributed by atoms with Crippen LogP contribution in [0.3, 0.4) is 0 Å². The first-order valence-corrected chi connectivity index (χ1v) is 10.6. The third kappa shape index (κ3) is 3.10. The fraction of sp³-hybridized carbons (Fsp3) is 0.192. The zero-order valence-electron chi connectivity index (χ0n) is 18.8. The second kappa shape index (κ2) is 8.22. The molecule has 2 aliphatic heterocycles. The number of anilines is 1. The number of carbonyl (C=O) groups is 2. The van der Waals surface area contributed by atoms with Crippen LogP contribution < -0.4 is 19.5 Å². The molecule has 1 N–H and O–H groups in total. The van der Waals surface area contributed by atoms with E-state index in [-0.39, 0.29) is 11.5 Å². The predicted molar refractivity (Wildman–Crippen MR) is 125 cm³/mol. The van der Waals surface area contributed by atoms with Gasteiger partial charge in [0.25, 0.3) is 11.5 Å². The second-order valence-electron chi connectivity index (χ2n) is 7.90. The van der Waals surface area contributed by atoms with Crippen LogP contribution in [0.5, 0.6) is 17.2 Å². The van der Waals surface area contributed by atoms with E-state index in [1.807, 2.05) is 0 Å². The monoisotopic (exact) mass is 458 g/mol. The van der Waals surface area contributed by atoms with Gasteiger partial charge in [-0.2, -0.15) is 0 Å². The quantitative estimate of drug-likeness (QED) is 0.565. The number of ether oxygens (including phenoxy) is 3. The van der Waals surface area contributed by atoms with E-state index in [9.17, 15) is 9.59 Å². The maximum atomic E-state index is 14.1. The average molecular weight is 458 g/mol. The van der Waals surface area contributed by atoms with Gasteiger partial charge in [-0.15, -0.1) is 0 Å². The van der Waals surface area contributed by atoms with Crippen molar-refractivity contribution >= 4 is 23.1 Å². The number of ketones is 1. The minimum atomic E-state index is -1.67. The Morgan fingerprint density at radius 2 is 1.71 bits per heavy atom. The molecule has 8 heteroatoms. The van der Waals surface area contributed by atoms with Gasteiger partial charge in [0.15, 0.2) is 5.78 Å². The van der Waals surface area contributed by atoms with Crippen molar-refractivity contribution < 1.29 is 28.6 Å². The number of rotatable bonds is 6. The highest BCUT2D eigenvalue weighted by molar-refractivity contribution is 6.25. The molecular formula is C26H22N2O6. The van der Waals surface area contributed by atoms with E-state index in [1.165, 1.54) is 14.2 Å². The molecule has 2 atom stereocenters. The number of carbonyl (C=O) groups excluding carboxylic acids is 2. The lowest BCUT2D eigenvalue weighted by Gasteiger charge is -2.27. The highest BCUT2D eigenvalue weighted by Gasteiger charge is 2.63. The van der Waals surface area contributed by atoms with Crippen molar-refractivity contribution in [3.8, 4) is 17.2 Å². The number of hydrogen-bond donors (Lipinski definition) is 1. The number of nitrogens with zero attached hydrogens (tertiary/aromatic N) is 1. The normalized spacial score (nSPS) is 20.3. The van der Waals surface area contributed by atoms with E-state index >= 15 is 0 Å². The number of hydrogen-bond acceptors (Lipinski definition) is 7. The van der Waals surface area contributed by atoms with Crippen molar-refractivity contribution in [3.63, 3.8) is 0 Å². The summed E-state index contributed by atoms with van der Waals surface area (Å²) in [4.78, 5) is 33.5. The number of fused-ring (bicyclic) bond motifs is 2. The van der Waals surface area contributed by atoms with Crippen molar-refractivity contribution in [2.45, 2.75) is 5.60 Å². The van der Waals surface area contributed by atoms with E-state index in [0.717, 1.165) is 0 Å². The molecule has 34 heavy (non-hydrogen) atoms. The van der Waals surface area contributed by atoms with Gasteiger partial charge >= 0.3 is 0 Å². The molecule has 0 aromatic heterocycles. The number of methoxy groups -OCH3 is 3. The van der Waals surface area contributed by atoms with E-state index in [4.69, 9.17) is 19.0 Å². The van der Waals surface area contributed by atoms with Crippen LogP contribution >= 0.6 is 0 Å². The van der Waals surface area contributed by atoms with Crippen LogP contribution in [0.2, 0.25) is 0 Å². The first-order chi connectivity index (χ1) is 16.5. The smallest absolute Gasteiger partial charge is 0.277 e. The molecular weight excluding hydrogens is 436 g/mol. The summed E-state index contributed by atoms with van der Waals surface area (Å²) in [5.74, 6) is -0.363. The molecule has 8 nitrogen and oxygen atoms in total. The summed E-state index contributed by atoms with van der Waals surface area (Å²) >= 11 is 0. The first kappa shape index (κ1) is 21.5. The number of para-hydroxylation sites is 1. The van der Waals surface area contributed by atoms with Gasteiger partial charge in [0.1, 0.15) is 28.9 Å². The van der Waals surface area contributed by atoms with Gasteiger partial charge in [-0.25, -0.2) is 0 Å². The van der Waals surface area contributed by atoms with Gasteiger partial charge in [-0.3, -0.25) is 9.59 Å². The zero-order valence-corrected chi connectivity index (χ0v) is 18.8. The molecule has 1 spiro atoms. The lowest BCUT2D eigenvalue weighted by atomic mass is 9.74. The van der Waals surface area contributed by atoms with Gasteiger partial charge in [-0.1, -0.05) is 35.5 Å². The minimum absolute atomic E-state index is 0.274. The highest BCUT2D eigenvalue weighted by atomic mass is 16.7. The maximum Gasteiger partial charge on any atom is 0.277 e. The van der Waals surface area contributed by atoms with Crippen LogP contribution in [0, 0.1) is 5.92 Å². The lowest BCUT2D eigenvalue weighted by Crippen LogP contribution is -2.46. The molecule has 5 rings (SSSR count). The van der Waals surface area contributed by atoms with Crippen LogP contribution in [0.15, 0.2) is 71.9 Å². The molecule has 172 valence electrons. The SMILES string of the molecule is COc1cccc(C(=O)[C@H]2C(c3cc(OC)ccc3OC)=NO[C@@]23C(=O)Nc2ccccc23)c1. The Kier molecular flexibility index (Phi) is 5.20. The fourth-order valence-electron chi connectivity index (χ4n) is 4.52. The maximum absolute atomic E-state index is 14.1. The van der Waals surface area contributed by atoms with E-state index in [2.05, 4.69) is 10.5 Å². The molecule has 2 heterocycles. The Balaban J connectivity index is 1.72. The molecule has 2 aliphatic rings. The third-order valence-electron chi connectivity index (χ3n) is 6.18. The Labute approximate surface area is 196 Å². The number of Topliss-reactive ketones (excluding diaryl/α,β-unsaturated/α-hetero) is 1. The molecule has 0 bridgehead atoms. The third-order valence-corrected chi connectivity index (χ3v) is 6.18. The highest BCUT2D eigenvalue weighted by Crippen LogP contribution is 2.50. The first-order valence-electron chi connectivity index (χ1n) is 10.6. The molecule has 0 radical (unpaired) electrons. The Morgan fingerprint density at radius 1 is 0.941 bits per heavy atom. The molecule has 0 aliphatic carbocycles. The van der Waals surface area contributed by atoms with Crippen molar-refractivity contribution in [3.05, 3.63) is 83.4 Å². The van der Waals surface area contributed by atoms with Gasteiger partial charge in [0.05, 0.1) is 21.3 Å². The molecule has 3 aromatic carbocycles. The molecule has 0 unspecified atom stereocenters. The van der Waals surface area contributed by atoms with Crippen LogP contribution in [0.25, 0.3) is 0 Å². The Bertz CT molecular complexity index is 1330. The topological polar surface area (TPSA) is 95.5 Å². The Hall–Kier alpha value is -4.33. The van der Waals surface area contributed by atoms with Gasteiger partial charge in [0.2, 0.25) is 0 Å². The number of oxime groups is 1. The summed E-state index contributed by atoms with van der Waals surface area (Å²) in [6, 6.07) is 19.1. The zero-order chi connectivity index (χ0) is 23.9. The molecule has 1 amide bonds. The summed E-state index contributed by atoms with van der Waals surface area (Å²) in [5.41, 5.74) is 0.584. The van der Waals surface area contributed by atoms with Crippen molar-refractivity contribution in [1.82, 2.24) is 0 Å². The van der Waals surface area contributed by atoms with Crippen molar-refractivity contribution in [1.29, 1.82) is 0 Å². The van der Waals surface area contributed by atoms with Crippen LogP contribution in [-0.4, -0.2) is 38.7 Å². The predicted octanol–water partition coefficient (Wildman–Crippen LogP) is 3.79. The largest absolute Gasteiger partial charge is 0.497 e. The number of amides is 1. The summed E-state index contributed by atoms with van der Waals surface area (Å²) in [7, 11) is 4.59.